The maximum Gasteiger partial charge on any atom is 0.553 e. The molecule has 8 heteroatoms. The highest BCUT2D eigenvalue weighted by Gasteiger charge is 2.73. The quantitative estimate of drug-likeness (QED) is 0.166. The fourth-order valence-electron chi connectivity index (χ4n) is 9.01. The first-order valence-corrected chi connectivity index (χ1v) is 19.9. The molecule has 12 rings (SSSR count). The summed E-state index contributed by atoms with van der Waals surface area (Å²) in [5.74, 6) is -0.706. The SMILES string of the molecule is Cc1ccc(C2=C3C=CC4=[N+]3C35n6c2ccc6C(c2ccc(C)s2)=C2C=CC(=[N+]23)C(c2ccc(C)s2)=c2ccc(n25)=C4c2ccc(C)s2)s1. The van der Waals surface area contributed by atoms with Crippen molar-refractivity contribution in [2.24, 2.45) is 0 Å². The maximum absolute atomic E-state index is 2.69. The third-order valence-electron chi connectivity index (χ3n) is 10.7. The minimum absolute atomic E-state index is 0.706. The van der Waals surface area contributed by atoms with Crippen molar-refractivity contribution in [2.75, 3.05) is 0 Å². The Hall–Kier alpha value is -4.60. The molecule has 0 radical (unpaired) electrons. The predicted molar refractivity (Wildman–Crippen MR) is 204 cm³/mol. The predicted octanol–water partition coefficient (Wildman–Crippen LogP) is 7.90. The third-order valence-corrected chi connectivity index (χ3v) is 14.8. The van der Waals surface area contributed by atoms with Crippen molar-refractivity contribution in [1.29, 1.82) is 0 Å². The zero-order valence-corrected chi connectivity index (χ0v) is 30.4. The van der Waals surface area contributed by atoms with E-state index in [1.165, 1.54) is 106 Å². The summed E-state index contributed by atoms with van der Waals surface area (Å²) in [5, 5.41) is 2.53. The van der Waals surface area contributed by atoms with Crippen LogP contribution in [0.5, 0.6) is 0 Å². The normalized spacial score (nSPS) is 18.6. The molecule has 0 saturated heterocycles. The molecule has 0 saturated carbocycles. The van der Waals surface area contributed by atoms with Crippen molar-refractivity contribution in [3.05, 3.63) is 170 Å². The van der Waals surface area contributed by atoms with Gasteiger partial charge in [0.1, 0.15) is 0 Å². The summed E-state index contributed by atoms with van der Waals surface area (Å²) in [7, 11) is 0. The van der Waals surface area contributed by atoms with Crippen LogP contribution in [0, 0.1) is 27.7 Å². The lowest BCUT2D eigenvalue weighted by Crippen LogP contribution is -2.71. The third kappa shape index (κ3) is 3.08. The molecule has 1 spiro atoms. The van der Waals surface area contributed by atoms with Gasteiger partial charge in [0.15, 0.2) is 0 Å². The molecule has 4 nitrogen and oxygen atoms in total. The van der Waals surface area contributed by atoms with Gasteiger partial charge < -0.3 is 0 Å². The summed E-state index contributed by atoms with van der Waals surface area (Å²) in [6, 6.07) is 27.9. The highest BCUT2D eigenvalue weighted by Crippen LogP contribution is 2.54. The summed E-state index contributed by atoms with van der Waals surface area (Å²) in [6.07, 6.45) is 9.57. The van der Waals surface area contributed by atoms with Gasteiger partial charge in [-0.2, -0.15) is 9.13 Å². The van der Waals surface area contributed by atoms with Crippen molar-refractivity contribution < 1.29 is 9.15 Å². The number of hydrogen-bond acceptors (Lipinski definition) is 4. The van der Waals surface area contributed by atoms with E-state index in [9.17, 15) is 0 Å². The average Bonchev–Trinajstić information content (AvgIpc) is 3.91. The van der Waals surface area contributed by atoms with E-state index in [2.05, 4.69) is 143 Å². The molecule has 6 aliphatic heterocycles. The second kappa shape index (κ2) is 8.94. The van der Waals surface area contributed by atoms with Gasteiger partial charge in [-0.15, -0.1) is 45.3 Å². The van der Waals surface area contributed by atoms with Crippen molar-refractivity contribution in [3.63, 3.8) is 0 Å². The number of allylic oxidation sites excluding steroid dienone is 4. The molecule has 49 heavy (non-hydrogen) atoms. The number of aromatic nitrogens is 2. The summed E-state index contributed by atoms with van der Waals surface area (Å²) in [6.45, 7) is 8.88. The fourth-order valence-corrected chi connectivity index (χ4v) is 12.7. The van der Waals surface area contributed by atoms with Gasteiger partial charge in [0, 0.05) is 63.3 Å². The van der Waals surface area contributed by atoms with Gasteiger partial charge >= 0.3 is 5.91 Å². The first-order chi connectivity index (χ1) is 23.9. The second-order valence-corrected chi connectivity index (χ2v) is 18.6. The monoisotopic (exact) mass is 704 g/mol. The first kappa shape index (κ1) is 27.2. The molecule has 234 valence electrons. The van der Waals surface area contributed by atoms with Crippen molar-refractivity contribution in [3.8, 4) is 0 Å². The van der Waals surface area contributed by atoms with Gasteiger partial charge in [-0.1, -0.05) is 9.15 Å². The Morgan fingerprint density at radius 1 is 0.429 bits per heavy atom. The van der Waals surface area contributed by atoms with Crippen LogP contribution in [-0.4, -0.2) is 29.7 Å². The molecule has 0 unspecified atom stereocenters. The lowest BCUT2D eigenvalue weighted by atomic mass is 9.98. The summed E-state index contributed by atoms with van der Waals surface area (Å²) >= 11 is 7.57. The number of rotatable bonds is 4. The van der Waals surface area contributed by atoms with Gasteiger partial charge in [0.2, 0.25) is 22.8 Å². The molecule has 0 aliphatic carbocycles. The van der Waals surface area contributed by atoms with E-state index in [0.29, 0.717) is 0 Å². The van der Waals surface area contributed by atoms with Crippen LogP contribution in [0.1, 0.15) is 50.4 Å². The molecular formula is C41H28N4S4+2. The lowest BCUT2D eigenvalue weighted by molar-refractivity contribution is -0.834. The van der Waals surface area contributed by atoms with Gasteiger partial charge in [0.25, 0.3) is 0 Å². The molecule has 12 heterocycles. The van der Waals surface area contributed by atoms with E-state index in [4.69, 9.17) is 0 Å². The molecular weight excluding hydrogens is 677 g/mol. The molecule has 0 aromatic carbocycles. The molecule has 0 fully saturated rings. The standard InChI is InChI=1S/C41H28N4S4/c1-21-5-17-33(46-21)37-25-9-11-27-38(34-18-6-22(2)47-34)29-13-15-31-40(36-20-8-24(4)49-36)32-16-14-30-39(35-19-7-23(3)48-35)28-12-10-26(37)43(28)41(42(25)27,44(29)31)45(30)32/h5-20H,1-4H3/q+2. The van der Waals surface area contributed by atoms with Crippen molar-refractivity contribution in [2.45, 2.75) is 33.6 Å². The topological polar surface area (TPSA) is 15.9 Å². The Balaban J connectivity index is 1.35. The molecule has 6 aromatic rings. The zero-order valence-electron chi connectivity index (χ0n) is 27.2. The van der Waals surface area contributed by atoms with Crippen LogP contribution in [0.3, 0.4) is 0 Å². The van der Waals surface area contributed by atoms with Gasteiger partial charge in [-0.25, -0.2) is 0 Å². The Morgan fingerprint density at radius 3 is 1.18 bits per heavy atom. The van der Waals surface area contributed by atoms with Crippen LogP contribution in [0.15, 0.2) is 108 Å². The van der Waals surface area contributed by atoms with E-state index in [1.54, 1.807) is 0 Å². The smallest absolute Gasteiger partial charge is 0.198 e. The molecule has 0 N–H and O–H groups in total. The molecule has 6 aromatic heterocycles. The van der Waals surface area contributed by atoms with Crippen molar-refractivity contribution in [1.82, 2.24) is 9.13 Å². The Kier molecular flexibility index (Phi) is 4.97. The van der Waals surface area contributed by atoms with Crippen LogP contribution < -0.4 is 10.7 Å². The molecule has 6 aliphatic rings. The number of hydrogen-bond donors (Lipinski definition) is 0. The van der Waals surface area contributed by atoms with E-state index in [-0.39, 0.29) is 0 Å². The van der Waals surface area contributed by atoms with Crippen LogP contribution in [0.25, 0.3) is 22.3 Å². The minimum Gasteiger partial charge on any atom is -0.198 e. The van der Waals surface area contributed by atoms with Gasteiger partial charge in [-0.05, 0) is 100 Å². The van der Waals surface area contributed by atoms with Gasteiger partial charge in [0.05, 0.1) is 44.4 Å². The van der Waals surface area contributed by atoms with E-state index < -0.39 is 5.91 Å². The highest BCUT2D eigenvalue weighted by atomic mass is 32.1. The second-order valence-electron chi connectivity index (χ2n) is 13.5. The largest absolute Gasteiger partial charge is 0.553 e. The zero-order chi connectivity index (χ0) is 32.5. The van der Waals surface area contributed by atoms with Crippen LogP contribution in [0.2, 0.25) is 0 Å². The number of nitrogens with zero attached hydrogens (tertiary/aromatic N) is 4. The number of thiophene rings is 4. The van der Waals surface area contributed by atoms with E-state index in [1.807, 2.05) is 45.3 Å². The van der Waals surface area contributed by atoms with Crippen LogP contribution in [-0.2, 0) is 5.91 Å². The fraction of sp³-hybridized carbons (Fsp3) is 0.122. The Bertz CT molecular complexity index is 2730. The summed E-state index contributed by atoms with van der Waals surface area (Å²) < 4.78 is 10.8. The van der Waals surface area contributed by atoms with Crippen LogP contribution >= 0.6 is 45.3 Å². The first-order valence-electron chi connectivity index (χ1n) is 16.6. The minimum atomic E-state index is -0.706. The maximum atomic E-state index is 2.69. The molecule has 0 atom stereocenters. The lowest BCUT2D eigenvalue weighted by Gasteiger charge is -2.40. The van der Waals surface area contributed by atoms with E-state index in [0.717, 1.165) is 0 Å². The number of aryl methyl sites for hydroxylation is 4. The van der Waals surface area contributed by atoms with Crippen LogP contribution in [0.4, 0.5) is 0 Å². The van der Waals surface area contributed by atoms with E-state index >= 15 is 0 Å². The molecule has 0 amide bonds. The average molecular weight is 705 g/mol. The summed E-state index contributed by atoms with van der Waals surface area (Å²) in [4.78, 5) is 10.6. The summed E-state index contributed by atoms with van der Waals surface area (Å²) in [5.41, 5.74) is 12.8. The Morgan fingerprint density at radius 2 is 0.816 bits per heavy atom. The van der Waals surface area contributed by atoms with Crippen molar-refractivity contribution >= 4 is 79.1 Å². The molecule has 0 bridgehead atoms. The highest BCUT2D eigenvalue weighted by molar-refractivity contribution is 7.14. The van der Waals surface area contributed by atoms with Gasteiger partial charge in [-0.3, -0.25) is 0 Å². The Labute approximate surface area is 298 Å².